The summed E-state index contributed by atoms with van der Waals surface area (Å²) in [6.45, 7) is 1.34. The summed E-state index contributed by atoms with van der Waals surface area (Å²) in [6, 6.07) is 20.1. The predicted molar refractivity (Wildman–Crippen MR) is 139 cm³/mol. The maximum absolute atomic E-state index is 13.5. The van der Waals surface area contributed by atoms with E-state index in [1.54, 1.807) is 18.2 Å². The number of benzene rings is 3. The summed E-state index contributed by atoms with van der Waals surface area (Å²) in [5, 5.41) is 21.5. The van der Waals surface area contributed by atoms with Gasteiger partial charge < -0.3 is 29.7 Å². The monoisotopic (exact) mass is 553 g/mol. The van der Waals surface area contributed by atoms with Crippen molar-refractivity contribution < 1.29 is 48.0 Å². The molecule has 0 spiro atoms. The molecule has 0 radical (unpaired) electrons. The number of nitrogens with one attached hydrogen (secondary N) is 1. The average Bonchev–Trinajstić information content (AvgIpc) is 2.96. The molecular formula is C29H28FNO9. The zero-order chi connectivity index (χ0) is 29.1. The Morgan fingerprint density at radius 1 is 0.850 bits per heavy atom. The molecule has 11 heteroatoms. The maximum atomic E-state index is 13.5. The lowest BCUT2D eigenvalue weighted by molar-refractivity contribution is -0.166. The molecule has 0 aliphatic carbocycles. The molecule has 210 valence electrons. The molecule has 10 nitrogen and oxygen atoms in total. The van der Waals surface area contributed by atoms with E-state index >= 15 is 0 Å². The fourth-order valence-electron chi connectivity index (χ4n) is 3.90. The number of carbonyl (C=O) groups excluding carboxylic acids is 2. The number of carbonyl (C=O) groups is 4. The number of halogens is 1. The van der Waals surface area contributed by atoms with Gasteiger partial charge >= 0.3 is 23.9 Å². The molecule has 3 N–H and O–H groups in total. The summed E-state index contributed by atoms with van der Waals surface area (Å²) in [4.78, 5) is 46.8. The van der Waals surface area contributed by atoms with Gasteiger partial charge in [0.1, 0.15) is 5.82 Å². The van der Waals surface area contributed by atoms with Gasteiger partial charge in [0.25, 0.3) is 0 Å². The Bertz CT molecular complexity index is 1250. The summed E-state index contributed by atoms with van der Waals surface area (Å²) in [5.41, 5.74) is 1.86. The van der Waals surface area contributed by atoms with Crippen molar-refractivity contribution in [2.45, 2.75) is 24.7 Å². The number of carboxylic acid groups (broad SMARTS) is 2. The smallest absolute Gasteiger partial charge is 0.349 e. The van der Waals surface area contributed by atoms with E-state index in [1.165, 1.54) is 54.6 Å². The molecule has 0 aromatic heterocycles. The third-order valence-electron chi connectivity index (χ3n) is 5.79. The number of rotatable bonds is 9. The Balaban J connectivity index is 0.000000263. The Morgan fingerprint density at radius 2 is 1.35 bits per heavy atom. The first kappa shape index (κ1) is 29.9. The van der Waals surface area contributed by atoms with E-state index in [4.69, 9.17) is 14.2 Å². The van der Waals surface area contributed by atoms with Gasteiger partial charge in [-0.1, -0.05) is 48.5 Å². The molecule has 0 saturated heterocycles. The lowest BCUT2D eigenvalue weighted by Gasteiger charge is -2.26. The second-order valence-electron chi connectivity index (χ2n) is 8.54. The highest BCUT2D eigenvalue weighted by Gasteiger charge is 2.41. The molecule has 3 aromatic carbocycles. The molecule has 3 atom stereocenters. The topological polar surface area (TPSA) is 148 Å². The molecule has 3 aromatic rings. The minimum atomic E-state index is -2.21. The largest absolute Gasteiger partial charge is 0.478 e. The molecule has 0 fully saturated rings. The minimum absolute atomic E-state index is 0.0253. The highest BCUT2D eigenvalue weighted by atomic mass is 19.1. The molecule has 1 unspecified atom stereocenters. The summed E-state index contributed by atoms with van der Waals surface area (Å²) < 4.78 is 28.6. The molecule has 1 aliphatic heterocycles. The first-order valence-corrected chi connectivity index (χ1v) is 12.2. The Morgan fingerprint density at radius 3 is 1.80 bits per heavy atom. The van der Waals surface area contributed by atoms with E-state index in [2.05, 4.69) is 5.32 Å². The second kappa shape index (κ2) is 14.5. The molecule has 0 amide bonds. The molecule has 0 bridgehead atoms. The fourth-order valence-corrected chi connectivity index (χ4v) is 3.90. The first-order valence-electron chi connectivity index (χ1n) is 12.2. The van der Waals surface area contributed by atoms with Gasteiger partial charge in [0.05, 0.1) is 23.8 Å². The normalized spacial score (nSPS) is 15.3. The number of esters is 2. The Labute approximate surface area is 229 Å². The van der Waals surface area contributed by atoms with Crippen LogP contribution in [-0.2, 0) is 30.2 Å². The van der Waals surface area contributed by atoms with Gasteiger partial charge in [-0.25, -0.2) is 23.6 Å². The highest BCUT2D eigenvalue weighted by molar-refractivity contribution is 5.95. The number of ether oxygens (including phenoxy) is 3. The van der Waals surface area contributed by atoms with Crippen molar-refractivity contribution in [3.8, 4) is 0 Å². The van der Waals surface area contributed by atoms with E-state index in [0.717, 1.165) is 17.5 Å². The van der Waals surface area contributed by atoms with E-state index in [1.807, 2.05) is 13.1 Å². The lowest BCUT2D eigenvalue weighted by Crippen LogP contribution is -2.45. The SMILES string of the molecule is CNCC1OCCc2cccc(F)c21.O=C(O[C@@H](C(=O)O)[C@@H](OC(=O)c1ccccc1)C(=O)O)c1ccccc1. The summed E-state index contributed by atoms with van der Waals surface area (Å²) in [5.74, 6) is -5.78. The summed E-state index contributed by atoms with van der Waals surface area (Å²) in [6.07, 6.45) is -3.75. The number of carboxylic acids is 2. The van der Waals surface area contributed by atoms with Crippen LogP contribution in [0.15, 0.2) is 78.9 Å². The second-order valence-corrected chi connectivity index (χ2v) is 8.54. The Hall–Kier alpha value is -4.61. The van der Waals surface area contributed by atoms with E-state index < -0.39 is 36.1 Å². The zero-order valence-corrected chi connectivity index (χ0v) is 21.5. The standard InChI is InChI=1S/C18H14O8.C11H14FNO/c19-15(20)13(25-17(23)11-7-3-1-4-8-11)14(16(21)22)26-18(24)12-9-5-2-6-10-12;1-13-7-10-11-8(5-6-14-10)3-2-4-9(11)12/h1-10,13-14H,(H,19,20)(H,21,22);2-4,10,13H,5-7H2,1H3/t13-,14-;/m1./s1. The van der Waals surface area contributed by atoms with Gasteiger partial charge in [-0.15, -0.1) is 0 Å². The van der Waals surface area contributed by atoms with Gasteiger partial charge in [0, 0.05) is 12.1 Å². The van der Waals surface area contributed by atoms with Crippen molar-refractivity contribution in [3.05, 3.63) is 107 Å². The summed E-state index contributed by atoms with van der Waals surface area (Å²) >= 11 is 0. The van der Waals surface area contributed by atoms with Gasteiger partial charge in [-0.2, -0.15) is 0 Å². The van der Waals surface area contributed by atoms with Crippen LogP contribution in [0.5, 0.6) is 0 Å². The molecule has 0 saturated carbocycles. The zero-order valence-electron chi connectivity index (χ0n) is 21.5. The minimum Gasteiger partial charge on any atom is -0.478 e. The van der Waals surface area contributed by atoms with Crippen molar-refractivity contribution in [1.29, 1.82) is 0 Å². The summed E-state index contributed by atoms with van der Waals surface area (Å²) in [7, 11) is 1.85. The number of aliphatic carboxylic acids is 2. The fraction of sp³-hybridized carbons (Fsp3) is 0.241. The van der Waals surface area contributed by atoms with Crippen molar-refractivity contribution in [2.24, 2.45) is 0 Å². The highest BCUT2D eigenvalue weighted by Crippen LogP contribution is 2.28. The van der Waals surface area contributed by atoms with Crippen molar-refractivity contribution in [1.82, 2.24) is 5.32 Å². The third kappa shape index (κ3) is 7.95. The quantitative estimate of drug-likeness (QED) is 0.337. The molecular weight excluding hydrogens is 525 g/mol. The van der Waals surface area contributed by atoms with E-state index in [0.29, 0.717) is 13.2 Å². The first-order chi connectivity index (χ1) is 19.2. The van der Waals surface area contributed by atoms with Crippen LogP contribution >= 0.6 is 0 Å². The van der Waals surface area contributed by atoms with Crippen LogP contribution in [-0.4, -0.2) is 66.5 Å². The number of hydrogen-bond donors (Lipinski definition) is 3. The number of fused-ring (bicyclic) bond motifs is 1. The van der Waals surface area contributed by atoms with Crippen LogP contribution in [0.3, 0.4) is 0 Å². The van der Waals surface area contributed by atoms with Crippen LogP contribution in [0.2, 0.25) is 0 Å². The molecule has 4 rings (SSSR count). The molecule has 40 heavy (non-hydrogen) atoms. The predicted octanol–water partition coefficient (Wildman–Crippen LogP) is 3.27. The van der Waals surface area contributed by atoms with Gasteiger partial charge in [-0.3, -0.25) is 0 Å². The number of hydrogen-bond acceptors (Lipinski definition) is 8. The average molecular weight is 554 g/mol. The number of likely N-dealkylation sites (N-methyl/N-ethyl adjacent to an activating group) is 1. The van der Waals surface area contributed by atoms with Gasteiger partial charge in [0.2, 0.25) is 12.2 Å². The van der Waals surface area contributed by atoms with E-state index in [9.17, 15) is 33.8 Å². The molecule has 1 heterocycles. The Kier molecular flexibility index (Phi) is 10.9. The van der Waals surface area contributed by atoms with Gasteiger partial charge in [0.15, 0.2) is 0 Å². The van der Waals surface area contributed by atoms with E-state index in [-0.39, 0.29) is 23.0 Å². The van der Waals surface area contributed by atoms with Crippen LogP contribution in [0.25, 0.3) is 0 Å². The lowest BCUT2D eigenvalue weighted by atomic mass is 9.97. The van der Waals surface area contributed by atoms with Crippen LogP contribution < -0.4 is 5.32 Å². The maximum Gasteiger partial charge on any atom is 0.349 e. The molecule has 1 aliphatic rings. The van der Waals surface area contributed by atoms with Crippen LogP contribution in [0, 0.1) is 5.82 Å². The van der Waals surface area contributed by atoms with Crippen molar-refractivity contribution >= 4 is 23.9 Å². The van der Waals surface area contributed by atoms with Gasteiger partial charge in [-0.05, 0) is 49.4 Å². The van der Waals surface area contributed by atoms with Crippen molar-refractivity contribution in [2.75, 3.05) is 20.2 Å². The third-order valence-corrected chi connectivity index (χ3v) is 5.79. The van der Waals surface area contributed by atoms with Crippen LogP contribution in [0.4, 0.5) is 4.39 Å². The van der Waals surface area contributed by atoms with Crippen molar-refractivity contribution in [3.63, 3.8) is 0 Å². The van der Waals surface area contributed by atoms with Crippen LogP contribution in [0.1, 0.15) is 37.9 Å².